The van der Waals surface area contributed by atoms with Crippen molar-refractivity contribution < 1.29 is 18.8 Å². The number of benzene rings is 1. The molecule has 0 N–H and O–H groups in total. The first-order chi connectivity index (χ1) is 8.97. The van der Waals surface area contributed by atoms with E-state index in [-0.39, 0.29) is 25.3 Å². The minimum absolute atomic E-state index is 0.0814. The second-order valence-corrected chi connectivity index (χ2v) is 3.84. The van der Waals surface area contributed by atoms with E-state index >= 15 is 0 Å². The maximum Gasteiger partial charge on any atom is 0.327 e. The molecule has 0 fully saturated rings. The van der Waals surface area contributed by atoms with Crippen molar-refractivity contribution >= 4 is 17.3 Å². The summed E-state index contributed by atoms with van der Waals surface area (Å²) in [5.74, 6) is -1.29. The van der Waals surface area contributed by atoms with Gasteiger partial charge in [-0.25, -0.2) is 0 Å². The highest BCUT2D eigenvalue weighted by Gasteiger charge is 2.22. The van der Waals surface area contributed by atoms with Crippen LogP contribution in [0, 0.1) is 15.9 Å². The Bertz CT molecular complexity index is 479. The van der Waals surface area contributed by atoms with E-state index in [0.717, 1.165) is 6.07 Å². The van der Waals surface area contributed by atoms with Crippen LogP contribution in [0.5, 0.6) is 0 Å². The Balaban J connectivity index is 2.82. The number of nitro benzene ring substituents is 1. The predicted octanol–water partition coefficient (Wildman–Crippen LogP) is 2.12. The number of anilines is 1. The van der Waals surface area contributed by atoms with Crippen LogP contribution in [0.1, 0.15) is 13.3 Å². The number of ether oxygens (including phenoxy) is 1. The molecule has 0 aliphatic carbocycles. The van der Waals surface area contributed by atoms with E-state index in [1.54, 1.807) is 14.0 Å². The quantitative estimate of drug-likeness (QED) is 0.450. The normalized spacial score (nSPS) is 10.1. The molecule has 0 aliphatic rings. The molecule has 0 saturated carbocycles. The lowest BCUT2D eigenvalue weighted by atomic mass is 10.2. The largest absolute Gasteiger partial charge is 0.466 e. The fourth-order valence-electron chi connectivity index (χ4n) is 1.61. The number of carbonyl (C=O) groups is 1. The van der Waals surface area contributed by atoms with E-state index in [0.29, 0.717) is 0 Å². The molecule has 0 unspecified atom stereocenters. The van der Waals surface area contributed by atoms with Crippen molar-refractivity contribution in [2.45, 2.75) is 13.3 Å². The topological polar surface area (TPSA) is 72.7 Å². The van der Waals surface area contributed by atoms with Crippen molar-refractivity contribution in [1.82, 2.24) is 0 Å². The molecule has 0 bridgehead atoms. The second-order valence-electron chi connectivity index (χ2n) is 3.84. The third-order valence-corrected chi connectivity index (χ3v) is 2.52. The van der Waals surface area contributed by atoms with E-state index in [4.69, 9.17) is 4.74 Å². The average Bonchev–Trinajstić information content (AvgIpc) is 2.35. The monoisotopic (exact) mass is 270 g/mol. The molecule has 1 rings (SSSR count). The van der Waals surface area contributed by atoms with Crippen LogP contribution in [0.3, 0.4) is 0 Å². The molecule has 0 atom stereocenters. The van der Waals surface area contributed by atoms with Gasteiger partial charge in [0.15, 0.2) is 0 Å². The highest BCUT2D eigenvalue weighted by atomic mass is 19.1. The number of carbonyl (C=O) groups excluding carboxylic acids is 1. The summed E-state index contributed by atoms with van der Waals surface area (Å²) < 4.78 is 18.2. The van der Waals surface area contributed by atoms with Gasteiger partial charge in [0.2, 0.25) is 5.82 Å². The number of nitro groups is 1. The second kappa shape index (κ2) is 6.67. The Kier molecular flexibility index (Phi) is 5.23. The van der Waals surface area contributed by atoms with Crippen molar-refractivity contribution in [3.63, 3.8) is 0 Å². The molecule has 0 saturated heterocycles. The fraction of sp³-hybridized carbons (Fsp3) is 0.417. The van der Waals surface area contributed by atoms with E-state index < -0.39 is 22.4 Å². The van der Waals surface area contributed by atoms with Gasteiger partial charge in [0.25, 0.3) is 0 Å². The number of nitrogens with zero attached hydrogens (tertiary/aromatic N) is 2. The van der Waals surface area contributed by atoms with Crippen molar-refractivity contribution in [3.8, 4) is 0 Å². The molecule has 104 valence electrons. The lowest BCUT2D eigenvalue weighted by Gasteiger charge is -2.18. The highest BCUT2D eigenvalue weighted by molar-refractivity contribution is 5.71. The molecule has 1 aromatic carbocycles. The first-order valence-electron chi connectivity index (χ1n) is 5.77. The number of rotatable bonds is 6. The first kappa shape index (κ1) is 14.9. The Hall–Kier alpha value is -2.18. The number of esters is 1. The van der Waals surface area contributed by atoms with E-state index in [1.807, 2.05) is 0 Å². The van der Waals surface area contributed by atoms with Gasteiger partial charge in [-0.15, -0.1) is 0 Å². The van der Waals surface area contributed by atoms with Gasteiger partial charge in [-0.05, 0) is 19.1 Å². The number of hydrogen-bond acceptors (Lipinski definition) is 5. The molecule has 1 aromatic rings. The minimum atomic E-state index is -0.898. The summed E-state index contributed by atoms with van der Waals surface area (Å²) >= 11 is 0. The van der Waals surface area contributed by atoms with Gasteiger partial charge < -0.3 is 9.64 Å². The molecule has 19 heavy (non-hydrogen) atoms. The third kappa shape index (κ3) is 3.90. The van der Waals surface area contributed by atoms with Crippen LogP contribution >= 0.6 is 0 Å². The molecule has 0 radical (unpaired) electrons. The van der Waals surface area contributed by atoms with Crippen LogP contribution in [0.2, 0.25) is 0 Å². The number of halogens is 1. The van der Waals surface area contributed by atoms with Crippen LogP contribution in [-0.4, -0.2) is 31.1 Å². The Labute approximate surface area is 109 Å². The lowest BCUT2D eigenvalue weighted by molar-refractivity contribution is -0.386. The molecule has 0 spiro atoms. The summed E-state index contributed by atoms with van der Waals surface area (Å²) in [5.41, 5.74) is -0.455. The van der Waals surface area contributed by atoms with Crippen molar-refractivity contribution in [2.75, 3.05) is 25.1 Å². The Morgan fingerprint density at radius 2 is 2.21 bits per heavy atom. The van der Waals surface area contributed by atoms with Crippen LogP contribution < -0.4 is 4.90 Å². The molecule has 0 aliphatic heterocycles. The van der Waals surface area contributed by atoms with Crippen molar-refractivity contribution in [1.29, 1.82) is 0 Å². The van der Waals surface area contributed by atoms with E-state index in [2.05, 4.69) is 0 Å². The van der Waals surface area contributed by atoms with Gasteiger partial charge in [-0.2, -0.15) is 4.39 Å². The highest BCUT2D eigenvalue weighted by Crippen LogP contribution is 2.29. The molecular weight excluding hydrogens is 255 g/mol. The Morgan fingerprint density at radius 1 is 1.53 bits per heavy atom. The minimum Gasteiger partial charge on any atom is -0.466 e. The van der Waals surface area contributed by atoms with Gasteiger partial charge in [-0.1, -0.05) is 6.07 Å². The summed E-state index contributed by atoms with van der Waals surface area (Å²) in [6.45, 7) is 2.19. The van der Waals surface area contributed by atoms with Gasteiger partial charge in [0.1, 0.15) is 5.69 Å². The van der Waals surface area contributed by atoms with E-state index in [9.17, 15) is 19.3 Å². The average molecular weight is 270 g/mol. The zero-order valence-electron chi connectivity index (χ0n) is 10.8. The van der Waals surface area contributed by atoms with Crippen molar-refractivity contribution in [2.24, 2.45) is 0 Å². The van der Waals surface area contributed by atoms with Gasteiger partial charge in [0, 0.05) is 13.6 Å². The van der Waals surface area contributed by atoms with Crippen LogP contribution in [0.25, 0.3) is 0 Å². The molecule has 0 aromatic heterocycles. The summed E-state index contributed by atoms with van der Waals surface area (Å²) in [5, 5.41) is 10.8. The summed E-state index contributed by atoms with van der Waals surface area (Å²) in [6.07, 6.45) is 0.0814. The summed E-state index contributed by atoms with van der Waals surface area (Å²) in [7, 11) is 1.56. The van der Waals surface area contributed by atoms with Crippen LogP contribution in [0.15, 0.2) is 18.2 Å². The van der Waals surface area contributed by atoms with Crippen LogP contribution in [0.4, 0.5) is 15.8 Å². The molecular formula is C12H15FN2O4. The maximum atomic E-state index is 13.4. The fourth-order valence-corrected chi connectivity index (χ4v) is 1.61. The maximum absolute atomic E-state index is 13.4. The molecule has 6 nitrogen and oxygen atoms in total. The predicted molar refractivity (Wildman–Crippen MR) is 67.6 cm³/mol. The number of hydrogen-bond donors (Lipinski definition) is 0. The SMILES string of the molecule is CCOC(=O)CCN(C)c1cccc(F)c1[N+](=O)[O-]. The van der Waals surface area contributed by atoms with Gasteiger partial charge >= 0.3 is 11.7 Å². The van der Waals surface area contributed by atoms with Gasteiger partial charge in [-0.3, -0.25) is 14.9 Å². The molecule has 0 heterocycles. The van der Waals surface area contributed by atoms with Gasteiger partial charge in [0.05, 0.1) is 18.0 Å². The summed E-state index contributed by atoms with van der Waals surface area (Å²) in [6, 6.07) is 3.85. The third-order valence-electron chi connectivity index (χ3n) is 2.52. The molecule has 7 heteroatoms. The smallest absolute Gasteiger partial charge is 0.327 e. The number of para-hydroxylation sites is 1. The summed E-state index contributed by atoms with van der Waals surface area (Å²) in [4.78, 5) is 22.7. The zero-order valence-corrected chi connectivity index (χ0v) is 10.8. The van der Waals surface area contributed by atoms with Crippen molar-refractivity contribution in [3.05, 3.63) is 34.1 Å². The zero-order chi connectivity index (χ0) is 14.4. The first-order valence-corrected chi connectivity index (χ1v) is 5.77. The van der Waals surface area contributed by atoms with E-state index in [1.165, 1.54) is 17.0 Å². The van der Waals surface area contributed by atoms with Crippen LogP contribution in [-0.2, 0) is 9.53 Å². The lowest BCUT2D eigenvalue weighted by Crippen LogP contribution is -2.23. The standard InChI is InChI=1S/C12H15FN2O4/c1-3-19-11(16)7-8-14(2)10-6-4-5-9(13)12(10)15(17)18/h4-6H,3,7-8H2,1-2H3. The molecule has 0 amide bonds. The Morgan fingerprint density at radius 3 is 2.79 bits per heavy atom.